The number of rotatable bonds is 11. The molecular weight excluding hydrogens is 398 g/mol. The topological polar surface area (TPSA) is 60.0 Å². The third-order valence-corrected chi connectivity index (χ3v) is 5.37. The van der Waals surface area contributed by atoms with Crippen LogP contribution in [0, 0.1) is 0 Å². The number of hydrogen-bond acceptors (Lipinski definition) is 3. The Kier molecular flexibility index (Phi) is 10.7. The molecule has 0 radical (unpaired) electrons. The van der Waals surface area contributed by atoms with Crippen molar-refractivity contribution < 1.29 is 4.79 Å². The fourth-order valence-corrected chi connectivity index (χ4v) is 3.41. The van der Waals surface area contributed by atoms with Crippen molar-refractivity contribution in [3.05, 3.63) is 70.8 Å². The largest absolute Gasteiger partial charge is 0.357 e. The van der Waals surface area contributed by atoms with Gasteiger partial charge in [-0.15, -0.1) is 0 Å². The molecule has 0 bridgehead atoms. The minimum absolute atomic E-state index is 0.0258. The van der Waals surface area contributed by atoms with Gasteiger partial charge in [-0.3, -0.25) is 9.69 Å². The van der Waals surface area contributed by atoms with Crippen LogP contribution >= 0.6 is 0 Å². The molecule has 0 aliphatic rings. The van der Waals surface area contributed by atoms with Crippen molar-refractivity contribution in [2.75, 3.05) is 40.3 Å². The molecule has 0 fully saturated rings. The van der Waals surface area contributed by atoms with Crippen LogP contribution < -0.4 is 10.6 Å². The highest BCUT2D eigenvalue weighted by molar-refractivity contribution is 5.94. The van der Waals surface area contributed by atoms with E-state index in [4.69, 9.17) is 4.99 Å². The summed E-state index contributed by atoms with van der Waals surface area (Å²) in [5, 5.41) is 6.71. The zero-order valence-electron chi connectivity index (χ0n) is 20.3. The molecule has 2 N–H and O–H groups in total. The lowest BCUT2D eigenvalue weighted by molar-refractivity contribution is 0.0827. The average Bonchev–Trinajstić information content (AvgIpc) is 2.81. The van der Waals surface area contributed by atoms with Crippen LogP contribution in [0.25, 0.3) is 0 Å². The van der Waals surface area contributed by atoms with Gasteiger partial charge in [-0.25, -0.2) is 4.99 Å². The van der Waals surface area contributed by atoms with Gasteiger partial charge in [0.15, 0.2) is 5.96 Å². The molecule has 174 valence electrons. The van der Waals surface area contributed by atoms with E-state index in [1.54, 1.807) is 19.0 Å². The van der Waals surface area contributed by atoms with E-state index >= 15 is 0 Å². The maximum Gasteiger partial charge on any atom is 0.253 e. The predicted octanol–water partition coefficient (Wildman–Crippen LogP) is 3.53. The molecule has 0 saturated heterocycles. The lowest BCUT2D eigenvalue weighted by atomic mass is 10.1. The Hall–Kier alpha value is -2.86. The summed E-state index contributed by atoms with van der Waals surface area (Å²) in [6.45, 7) is 11.8. The van der Waals surface area contributed by atoms with E-state index in [0.717, 1.165) is 56.2 Å². The highest BCUT2D eigenvalue weighted by atomic mass is 16.2. The quantitative estimate of drug-likeness (QED) is 0.417. The molecule has 0 unspecified atom stereocenters. The van der Waals surface area contributed by atoms with Gasteiger partial charge < -0.3 is 15.5 Å². The van der Waals surface area contributed by atoms with Crippen molar-refractivity contribution in [3.8, 4) is 0 Å². The molecule has 6 heteroatoms. The summed E-state index contributed by atoms with van der Waals surface area (Å²) in [6.07, 6.45) is 0.818. The predicted molar refractivity (Wildman–Crippen MR) is 134 cm³/mol. The number of benzene rings is 2. The molecule has 1 amide bonds. The zero-order chi connectivity index (χ0) is 23.3. The number of amides is 1. The standard InChI is InChI=1S/C26H39N5O/c1-6-27-26(28-17-16-21-10-9-11-24(18-21)25(32)30(4)5)29-19-22-12-14-23(15-13-22)20-31(7-2)8-3/h9-15,18H,6-8,16-17,19-20H2,1-5H3,(H2,27,28,29). The summed E-state index contributed by atoms with van der Waals surface area (Å²) < 4.78 is 0. The SMILES string of the molecule is CCNC(=NCc1ccc(CN(CC)CC)cc1)NCCc1cccc(C(=O)N(C)C)c1. The van der Waals surface area contributed by atoms with Crippen molar-refractivity contribution in [1.29, 1.82) is 0 Å². The van der Waals surface area contributed by atoms with Gasteiger partial charge in [-0.2, -0.15) is 0 Å². The van der Waals surface area contributed by atoms with Gasteiger partial charge in [0.25, 0.3) is 5.91 Å². The van der Waals surface area contributed by atoms with E-state index in [1.807, 2.05) is 18.2 Å². The minimum atomic E-state index is 0.0258. The Morgan fingerprint density at radius 1 is 0.906 bits per heavy atom. The smallest absolute Gasteiger partial charge is 0.253 e. The van der Waals surface area contributed by atoms with Crippen LogP contribution in [0.1, 0.15) is 47.8 Å². The number of aliphatic imine (C=N–C) groups is 1. The molecule has 0 aromatic heterocycles. The van der Waals surface area contributed by atoms with Crippen molar-refractivity contribution >= 4 is 11.9 Å². The van der Waals surface area contributed by atoms with E-state index in [9.17, 15) is 4.79 Å². The lowest BCUT2D eigenvalue weighted by Crippen LogP contribution is -2.38. The summed E-state index contributed by atoms with van der Waals surface area (Å²) >= 11 is 0. The van der Waals surface area contributed by atoms with Gasteiger partial charge in [0, 0.05) is 39.3 Å². The summed E-state index contributed by atoms with van der Waals surface area (Å²) in [5.41, 5.74) is 4.38. The highest BCUT2D eigenvalue weighted by Gasteiger charge is 2.08. The maximum atomic E-state index is 12.2. The first-order valence-electron chi connectivity index (χ1n) is 11.6. The molecule has 2 aromatic rings. The van der Waals surface area contributed by atoms with Crippen molar-refractivity contribution in [1.82, 2.24) is 20.4 Å². The lowest BCUT2D eigenvalue weighted by Gasteiger charge is -2.18. The normalized spacial score (nSPS) is 11.5. The van der Waals surface area contributed by atoms with Gasteiger partial charge >= 0.3 is 0 Å². The minimum Gasteiger partial charge on any atom is -0.357 e. The van der Waals surface area contributed by atoms with Crippen molar-refractivity contribution in [2.24, 2.45) is 4.99 Å². The second-order valence-corrected chi connectivity index (χ2v) is 8.05. The third-order valence-electron chi connectivity index (χ3n) is 5.37. The summed E-state index contributed by atoms with van der Waals surface area (Å²) in [6, 6.07) is 16.6. The van der Waals surface area contributed by atoms with E-state index in [0.29, 0.717) is 6.54 Å². The number of carbonyl (C=O) groups is 1. The Balaban J connectivity index is 1.90. The van der Waals surface area contributed by atoms with E-state index in [2.05, 4.69) is 66.6 Å². The third kappa shape index (κ3) is 8.35. The number of carbonyl (C=O) groups excluding carboxylic acids is 1. The van der Waals surface area contributed by atoms with Gasteiger partial charge in [0.2, 0.25) is 0 Å². The van der Waals surface area contributed by atoms with Gasteiger partial charge in [0.05, 0.1) is 6.54 Å². The number of guanidine groups is 1. The fraction of sp³-hybridized carbons (Fsp3) is 0.462. The van der Waals surface area contributed by atoms with Crippen LogP contribution in [-0.4, -0.2) is 61.9 Å². The summed E-state index contributed by atoms with van der Waals surface area (Å²) in [7, 11) is 3.54. The molecule has 0 spiro atoms. The zero-order valence-corrected chi connectivity index (χ0v) is 20.3. The Bertz CT molecular complexity index is 857. The van der Waals surface area contributed by atoms with Crippen molar-refractivity contribution in [2.45, 2.75) is 40.3 Å². The van der Waals surface area contributed by atoms with Crippen molar-refractivity contribution in [3.63, 3.8) is 0 Å². The number of hydrogen-bond donors (Lipinski definition) is 2. The monoisotopic (exact) mass is 437 g/mol. The summed E-state index contributed by atoms with van der Waals surface area (Å²) in [5.74, 6) is 0.832. The van der Waals surface area contributed by atoms with Gasteiger partial charge in [0.1, 0.15) is 0 Å². The molecule has 6 nitrogen and oxygen atoms in total. The van der Waals surface area contributed by atoms with Crippen LogP contribution in [0.2, 0.25) is 0 Å². The molecule has 0 atom stereocenters. The second kappa shape index (κ2) is 13.5. The molecule has 32 heavy (non-hydrogen) atoms. The molecule has 0 aliphatic heterocycles. The van der Waals surface area contributed by atoms with Crippen LogP contribution in [-0.2, 0) is 19.5 Å². The molecule has 0 saturated carbocycles. The molecule has 2 aromatic carbocycles. The number of nitrogens with zero attached hydrogens (tertiary/aromatic N) is 3. The summed E-state index contributed by atoms with van der Waals surface area (Å²) in [4.78, 5) is 20.9. The van der Waals surface area contributed by atoms with Crippen LogP contribution in [0.4, 0.5) is 0 Å². The first kappa shape index (κ1) is 25.4. The molecule has 2 rings (SSSR count). The average molecular weight is 438 g/mol. The number of nitrogens with one attached hydrogen (secondary N) is 2. The maximum absolute atomic E-state index is 12.2. The van der Waals surface area contributed by atoms with E-state index in [-0.39, 0.29) is 5.91 Å². The van der Waals surface area contributed by atoms with Crippen LogP contribution in [0.5, 0.6) is 0 Å². The molecular formula is C26H39N5O. The van der Waals surface area contributed by atoms with Crippen LogP contribution in [0.15, 0.2) is 53.5 Å². The van der Waals surface area contributed by atoms with E-state index in [1.165, 1.54) is 11.1 Å². The Labute approximate surface area is 193 Å². The Morgan fingerprint density at radius 2 is 1.59 bits per heavy atom. The van der Waals surface area contributed by atoms with Crippen LogP contribution in [0.3, 0.4) is 0 Å². The molecule has 0 heterocycles. The molecule has 0 aliphatic carbocycles. The highest BCUT2D eigenvalue weighted by Crippen LogP contribution is 2.09. The fourth-order valence-electron chi connectivity index (χ4n) is 3.41. The second-order valence-electron chi connectivity index (χ2n) is 8.05. The first-order valence-corrected chi connectivity index (χ1v) is 11.6. The van der Waals surface area contributed by atoms with E-state index < -0.39 is 0 Å². The van der Waals surface area contributed by atoms with Gasteiger partial charge in [-0.05, 0) is 55.3 Å². The first-order chi connectivity index (χ1) is 15.5. The Morgan fingerprint density at radius 3 is 2.22 bits per heavy atom. The van der Waals surface area contributed by atoms with Gasteiger partial charge in [-0.1, -0.05) is 50.2 Å².